The largest absolute Gasteiger partial charge is 0.502 e. The first-order valence-electron chi connectivity index (χ1n) is 5.39. The molecule has 9 heteroatoms. The Hall–Kier alpha value is -1.87. The van der Waals surface area contributed by atoms with Gasteiger partial charge < -0.3 is 19.9 Å². The summed E-state index contributed by atoms with van der Waals surface area (Å²) in [5, 5.41) is 13.2. The number of thiol groups is 2. The van der Waals surface area contributed by atoms with E-state index in [1.807, 2.05) is 0 Å². The monoisotopic (exact) mass is 312 g/mol. The van der Waals surface area contributed by atoms with Gasteiger partial charge in [0.2, 0.25) is 11.7 Å². The number of aromatic hydroxyl groups is 1. The number of hydrogen-bond acceptors (Lipinski definition) is 9. The van der Waals surface area contributed by atoms with Crippen molar-refractivity contribution < 1.29 is 14.6 Å². The number of nitrogens with zero attached hydrogens (tertiary/aromatic N) is 3. The second-order valence-electron chi connectivity index (χ2n) is 3.61. The van der Waals surface area contributed by atoms with E-state index in [2.05, 4.69) is 45.5 Å². The number of ether oxygens (including phenoxy) is 2. The fourth-order valence-electron chi connectivity index (χ4n) is 1.50. The maximum absolute atomic E-state index is 9.82. The molecular weight excluding hydrogens is 300 g/mol. The van der Waals surface area contributed by atoms with Crippen LogP contribution >= 0.6 is 25.3 Å². The molecular formula is C11H12N4O3S2. The van der Waals surface area contributed by atoms with Crippen molar-refractivity contribution >= 4 is 36.9 Å². The molecule has 0 radical (unpaired) electrons. The van der Waals surface area contributed by atoms with Gasteiger partial charge in [-0.2, -0.15) is 15.0 Å². The van der Waals surface area contributed by atoms with Crippen LogP contribution in [0.2, 0.25) is 0 Å². The highest BCUT2D eigenvalue weighted by atomic mass is 32.1. The fourth-order valence-corrected chi connectivity index (χ4v) is 1.96. The lowest BCUT2D eigenvalue weighted by atomic mass is 10.2. The van der Waals surface area contributed by atoms with Crippen LogP contribution in [-0.2, 0) is 0 Å². The molecule has 1 aromatic carbocycles. The average Bonchev–Trinajstić information content (AvgIpc) is 2.39. The smallest absolute Gasteiger partial charge is 0.232 e. The Morgan fingerprint density at radius 3 is 1.95 bits per heavy atom. The lowest BCUT2D eigenvalue weighted by molar-refractivity contribution is 0.340. The standard InChI is InChI=1S/C11H12N4O3S2/c1-17-6-3-5(4-7(18-2)8(6)16)12-9-13-10(19)15-11(20)14-9/h3-4,16H,1-2H3,(H3,12,13,14,15,19,20). The number of benzene rings is 1. The minimum Gasteiger partial charge on any atom is -0.502 e. The molecule has 0 aliphatic carbocycles. The van der Waals surface area contributed by atoms with Crippen molar-refractivity contribution in [3.63, 3.8) is 0 Å². The fraction of sp³-hybridized carbons (Fsp3) is 0.182. The van der Waals surface area contributed by atoms with Gasteiger partial charge in [0.05, 0.1) is 14.2 Å². The first-order chi connectivity index (χ1) is 9.53. The highest BCUT2D eigenvalue weighted by Crippen LogP contribution is 2.39. The Morgan fingerprint density at radius 1 is 1.00 bits per heavy atom. The maximum atomic E-state index is 9.82. The normalized spacial score (nSPS) is 10.2. The van der Waals surface area contributed by atoms with Gasteiger partial charge in [0, 0.05) is 17.8 Å². The van der Waals surface area contributed by atoms with Crippen LogP contribution in [-0.4, -0.2) is 34.3 Å². The quantitative estimate of drug-likeness (QED) is 0.506. The van der Waals surface area contributed by atoms with Gasteiger partial charge in [-0.15, -0.1) is 25.3 Å². The lowest BCUT2D eigenvalue weighted by Crippen LogP contribution is -2.01. The lowest BCUT2D eigenvalue weighted by Gasteiger charge is -2.12. The number of hydrogen-bond donors (Lipinski definition) is 4. The van der Waals surface area contributed by atoms with Crippen molar-refractivity contribution in [3.05, 3.63) is 12.1 Å². The van der Waals surface area contributed by atoms with E-state index in [0.29, 0.717) is 5.69 Å². The van der Waals surface area contributed by atoms with Crippen LogP contribution in [0.3, 0.4) is 0 Å². The summed E-state index contributed by atoms with van der Waals surface area (Å²) < 4.78 is 10.1. The summed E-state index contributed by atoms with van der Waals surface area (Å²) in [5.74, 6) is 0.710. The van der Waals surface area contributed by atoms with Crippen molar-refractivity contribution in [2.45, 2.75) is 10.3 Å². The zero-order valence-electron chi connectivity index (χ0n) is 10.7. The molecule has 2 N–H and O–H groups in total. The van der Waals surface area contributed by atoms with Crippen molar-refractivity contribution in [3.8, 4) is 17.2 Å². The van der Waals surface area contributed by atoms with Gasteiger partial charge in [0.25, 0.3) is 0 Å². The van der Waals surface area contributed by atoms with E-state index < -0.39 is 0 Å². The summed E-state index contributed by atoms with van der Waals surface area (Å²) >= 11 is 8.09. The molecule has 106 valence electrons. The second-order valence-corrected chi connectivity index (χ2v) is 4.41. The third-order valence-electron chi connectivity index (χ3n) is 2.35. The van der Waals surface area contributed by atoms with Gasteiger partial charge in [-0.25, -0.2) is 0 Å². The summed E-state index contributed by atoms with van der Waals surface area (Å²) in [6.07, 6.45) is 0. The topological polar surface area (TPSA) is 89.4 Å². The average molecular weight is 312 g/mol. The Labute approximate surface area is 126 Å². The number of anilines is 2. The Kier molecular flexibility index (Phi) is 4.40. The minimum absolute atomic E-state index is 0.0824. The minimum atomic E-state index is -0.0824. The van der Waals surface area contributed by atoms with E-state index >= 15 is 0 Å². The zero-order valence-corrected chi connectivity index (χ0v) is 12.4. The summed E-state index contributed by atoms with van der Waals surface area (Å²) in [6.45, 7) is 0. The first kappa shape index (κ1) is 14.5. The molecule has 0 amide bonds. The van der Waals surface area contributed by atoms with Gasteiger partial charge >= 0.3 is 0 Å². The molecule has 0 unspecified atom stereocenters. The van der Waals surface area contributed by atoms with E-state index in [1.54, 1.807) is 12.1 Å². The van der Waals surface area contributed by atoms with Gasteiger partial charge in [0.1, 0.15) is 0 Å². The Morgan fingerprint density at radius 2 is 1.50 bits per heavy atom. The number of phenolic OH excluding ortho intramolecular Hbond substituents is 1. The highest BCUT2D eigenvalue weighted by Gasteiger charge is 2.12. The molecule has 0 fully saturated rings. The number of phenols is 1. The molecule has 7 nitrogen and oxygen atoms in total. The number of rotatable bonds is 4. The summed E-state index contributed by atoms with van der Waals surface area (Å²) in [6, 6.07) is 3.16. The first-order valence-corrected chi connectivity index (χ1v) is 6.29. The van der Waals surface area contributed by atoms with Crippen LogP contribution in [0.25, 0.3) is 0 Å². The summed E-state index contributed by atoms with van der Waals surface area (Å²) in [5.41, 5.74) is 0.572. The number of nitrogens with one attached hydrogen (secondary N) is 1. The van der Waals surface area contributed by atoms with Gasteiger partial charge in [-0.3, -0.25) is 0 Å². The third-order valence-corrected chi connectivity index (χ3v) is 2.75. The van der Waals surface area contributed by atoms with Crippen LogP contribution in [0.15, 0.2) is 22.4 Å². The zero-order chi connectivity index (χ0) is 14.7. The Balaban J connectivity index is 2.38. The van der Waals surface area contributed by atoms with Crippen LogP contribution in [0.4, 0.5) is 11.6 Å². The molecule has 0 bridgehead atoms. The van der Waals surface area contributed by atoms with Crippen molar-refractivity contribution in [2.24, 2.45) is 0 Å². The highest BCUT2D eigenvalue weighted by molar-refractivity contribution is 7.80. The molecule has 0 spiro atoms. The molecule has 2 rings (SSSR count). The molecule has 2 aromatic rings. The van der Waals surface area contributed by atoms with E-state index in [1.165, 1.54) is 14.2 Å². The van der Waals surface area contributed by atoms with E-state index in [4.69, 9.17) is 9.47 Å². The molecule has 0 saturated heterocycles. The summed E-state index contributed by atoms with van der Waals surface area (Å²) in [4.78, 5) is 11.8. The van der Waals surface area contributed by atoms with Crippen LogP contribution in [0.5, 0.6) is 17.2 Å². The second kappa shape index (κ2) is 6.06. The molecule has 1 aromatic heterocycles. The van der Waals surface area contributed by atoms with Crippen LogP contribution in [0.1, 0.15) is 0 Å². The predicted octanol–water partition coefficient (Wildman–Crippen LogP) is 1.92. The van der Waals surface area contributed by atoms with E-state index in [-0.39, 0.29) is 33.5 Å². The maximum Gasteiger partial charge on any atom is 0.232 e. The molecule has 20 heavy (non-hydrogen) atoms. The number of aromatic nitrogens is 3. The summed E-state index contributed by atoms with van der Waals surface area (Å²) in [7, 11) is 2.89. The van der Waals surface area contributed by atoms with Crippen LogP contribution in [0, 0.1) is 0 Å². The predicted molar refractivity (Wildman–Crippen MR) is 78.8 cm³/mol. The molecule has 0 atom stereocenters. The van der Waals surface area contributed by atoms with Crippen molar-refractivity contribution in [1.82, 2.24) is 15.0 Å². The molecule has 0 aliphatic rings. The van der Waals surface area contributed by atoms with Gasteiger partial charge in [0.15, 0.2) is 21.8 Å². The SMILES string of the molecule is COc1cc(Nc2nc(S)nc(S)n2)cc(OC)c1O. The molecule has 0 saturated carbocycles. The molecule has 0 aliphatic heterocycles. The van der Waals surface area contributed by atoms with Crippen LogP contribution < -0.4 is 14.8 Å². The Bertz CT molecular complexity index is 594. The van der Waals surface area contributed by atoms with E-state index in [0.717, 1.165) is 0 Å². The van der Waals surface area contributed by atoms with Gasteiger partial charge in [-0.05, 0) is 0 Å². The van der Waals surface area contributed by atoms with Crippen molar-refractivity contribution in [1.29, 1.82) is 0 Å². The van der Waals surface area contributed by atoms with Gasteiger partial charge in [-0.1, -0.05) is 0 Å². The van der Waals surface area contributed by atoms with Crippen molar-refractivity contribution in [2.75, 3.05) is 19.5 Å². The third kappa shape index (κ3) is 3.17. The number of methoxy groups -OCH3 is 2. The van der Waals surface area contributed by atoms with E-state index in [9.17, 15) is 5.11 Å². The molecule has 1 heterocycles.